The number of aryl methyl sites for hydroxylation is 1. The van der Waals surface area contributed by atoms with Gasteiger partial charge in [-0.1, -0.05) is 5.16 Å². The summed E-state index contributed by atoms with van der Waals surface area (Å²) >= 11 is 0. The zero-order chi connectivity index (χ0) is 11.1. The molecule has 1 aromatic rings. The first-order valence-electron chi connectivity index (χ1n) is 4.89. The normalized spacial score (nSPS) is 10.5. The van der Waals surface area contributed by atoms with Crippen molar-refractivity contribution in [3.8, 4) is 0 Å². The molecule has 1 N–H and O–H groups in total. The minimum absolute atomic E-state index is 0.0103. The lowest BCUT2D eigenvalue weighted by molar-refractivity contribution is 0.0828. The number of carbonyl (C=O) groups excluding carboxylic acids is 1. The van der Waals surface area contributed by atoms with Crippen molar-refractivity contribution in [3.05, 3.63) is 17.5 Å². The topological polar surface area (TPSA) is 72.6 Å². The van der Waals surface area contributed by atoms with Crippen LogP contribution in [0, 0.1) is 6.92 Å². The van der Waals surface area contributed by atoms with Gasteiger partial charge in [0.05, 0.1) is 13.2 Å². The second-order valence-electron chi connectivity index (χ2n) is 3.19. The van der Waals surface area contributed by atoms with Crippen LogP contribution in [0.3, 0.4) is 0 Å². The molecule has 0 saturated carbocycles. The first-order chi connectivity index (χ1) is 7.24. The van der Waals surface area contributed by atoms with Crippen LogP contribution in [0.15, 0.2) is 10.6 Å². The summed E-state index contributed by atoms with van der Waals surface area (Å²) in [6.07, 6.45) is 1.02. The molecule has 5 nitrogen and oxygen atoms in total. The second-order valence-corrected chi connectivity index (χ2v) is 3.19. The van der Waals surface area contributed by atoms with E-state index in [-0.39, 0.29) is 12.4 Å². The lowest BCUT2D eigenvalue weighted by Gasteiger charge is -1.99. The van der Waals surface area contributed by atoms with Crippen LogP contribution in [0.4, 0.5) is 0 Å². The summed E-state index contributed by atoms with van der Waals surface area (Å²) in [6.45, 7) is 2.55. The smallest absolute Gasteiger partial charge is 0.184 e. The maximum atomic E-state index is 11.5. The first-order valence-corrected chi connectivity index (χ1v) is 4.89. The van der Waals surface area contributed by atoms with Crippen LogP contribution < -0.4 is 0 Å². The number of aliphatic hydroxyl groups excluding tert-OH is 1. The van der Waals surface area contributed by atoms with Gasteiger partial charge in [-0.05, 0) is 13.3 Å². The Labute approximate surface area is 88.0 Å². The molecule has 0 amide bonds. The third-order valence-corrected chi connectivity index (χ3v) is 1.84. The Bertz CT molecular complexity index is 308. The average Bonchev–Trinajstić information content (AvgIpc) is 2.64. The van der Waals surface area contributed by atoms with Gasteiger partial charge in [0.15, 0.2) is 5.78 Å². The molecule has 1 heterocycles. The molecule has 0 radical (unpaired) electrons. The van der Waals surface area contributed by atoms with Crippen LogP contribution in [0.1, 0.15) is 29.1 Å². The van der Waals surface area contributed by atoms with Crippen molar-refractivity contribution in [2.24, 2.45) is 0 Å². The number of aromatic nitrogens is 1. The number of carbonyl (C=O) groups is 1. The van der Waals surface area contributed by atoms with Crippen molar-refractivity contribution >= 4 is 5.78 Å². The van der Waals surface area contributed by atoms with E-state index < -0.39 is 0 Å². The maximum Gasteiger partial charge on any atom is 0.184 e. The van der Waals surface area contributed by atoms with Crippen LogP contribution in [-0.4, -0.2) is 35.9 Å². The standard InChI is InChI=1S/C10H15NO4/c1-8-7-9(11-15-8)10(13)3-2-5-14-6-4-12/h7,12H,2-6H2,1H3. The minimum Gasteiger partial charge on any atom is -0.394 e. The van der Waals surface area contributed by atoms with E-state index in [0.717, 1.165) is 0 Å². The molecule has 0 spiro atoms. The first kappa shape index (κ1) is 11.9. The average molecular weight is 213 g/mol. The van der Waals surface area contributed by atoms with Gasteiger partial charge in [-0.2, -0.15) is 0 Å². The van der Waals surface area contributed by atoms with E-state index in [4.69, 9.17) is 14.4 Å². The van der Waals surface area contributed by atoms with Crippen molar-refractivity contribution in [1.29, 1.82) is 0 Å². The number of ether oxygens (including phenoxy) is 1. The number of hydrogen-bond donors (Lipinski definition) is 1. The summed E-state index contributed by atoms with van der Waals surface area (Å²) in [5, 5.41) is 12.1. The van der Waals surface area contributed by atoms with Crippen molar-refractivity contribution in [2.75, 3.05) is 19.8 Å². The van der Waals surface area contributed by atoms with E-state index in [1.807, 2.05) is 0 Å². The summed E-state index contributed by atoms with van der Waals surface area (Å²) in [5.41, 5.74) is 0.370. The van der Waals surface area contributed by atoms with E-state index in [9.17, 15) is 4.79 Å². The van der Waals surface area contributed by atoms with Crippen molar-refractivity contribution in [2.45, 2.75) is 19.8 Å². The summed E-state index contributed by atoms with van der Waals surface area (Å²) in [6, 6.07) is 1.62. The Morgan fingerprint density at radius 3 is 3.00 bits per heavy atom. The molecule has 15 heavy (non-hydrogen) atoms. The molecule has 0 fully saturated rings. The quantitative estimate of drug-likeness (QED) is 0.539. The Kier molecular flexibility index (Phi) is 5.00. The molecular weight excluding hydrogens is 198 g/mol. The minimum atomic E-state index is -0.0422. The molecular formula is C10H15NO4. The van der Waals surface area contributed by atoms with E-state index in [2.05, 4.69) is 5.16 Å². The summed E-state index contributed by atoms with van der Waals surface area (Å²) in [5.74, 6) is 0.592. The molecule has 0 aromatic carbocycles. The fourth-order valence-electron chi connectivity index (χ4n) is 1.13. The molecule has 1 rings (SSSR count). The highest BCUT2D eigenvalue weighted by Gasteiger charge is 2.09. The van der Waals surface area contributed by atoms with Crippen LogP contribution in [0.5, 0.6) is 0 Å². The number of rotatable bonds is 7. The molecule has 84 valence electrons. The van der Waals surface area contributed by atoms with Gasteiger partial charge in [0, 0.05) is 19.1 Å². The largest absolute Gasteiger partial charge is 0.394 e. The Morgan fingerprint density at radius 1 is 1.60 bits per heavy atom. The molecule has 0 unspecified atom stereocenters. The predicted molar refractivity (Wildman–Crippen MR) is 52.7 cm³/mol. The van der Waals surface area contributed by atoms with Gasteiger partial charge in [-0.3, -0.25) is 4.79 Å². The fraction of sp³-hybridized carbons (Fsp3) is 0.600. The van der Waals surface area contributed by atoms with Gasteiger partial charge in [0.25, 0.3) is 0 Å². The molecule has 0 aliphatic rings. The van der Waals surface area contributed by atoms with Gasteiger partial charge in [0.1, 0.15) is 11.5 Å². The lowest BCUT2D eigenvalue weighted by atomic mass is 10.2. The van der Waals surface area contributed by atoms with Gasteiger partial charge in [-0.15, -0.1) is 0 Å². The molecule has 0 aliphatic carbocycles. The number of Topliss-reactive ketones (excluding diaryl/α,β-unsaturated/α-hetero) is 1. The Balaban J connectivity index is 2.19. The van der Waals surface area contributed by atoms with Crippen LogP contribution >= 0.6 is 0 Å². The third kappa shape index (κ3) is 4.22. The lowest BCUT2D eigenvalue weighted by Crippen LogP contribution is -2.04. The summed E-state index contributed by atoms with van der Waals surface area (Å²) in [7, 11) is 0. The van der Waals surface area contributed by atoms with Gasteiger partial charge < -0.3 is 14.4 Å². The summed E-state index contributed by atoms with van der Waals surface area (Å²) in [4.78, 5) is 11.5. The molecule has 5 heteroatoms. The van der Waals surface area contributed by atoms with E-state index in [1.54, 1.807) is 13.0 Å². The second kappa shape index (κ2) is 6.31. The number of hydrogen-bond acceptors (Lipinski definition) is 5. The Hall–Kier alpha value is -1.20. The van der Waals surface area contributed by atoms with E-state index in [0.29, 0.717) is 37.5 Å². The van der Waals surface area contributed by atoms with E-state index in [1.165, 1.54) is 0 Å². The number of aliphatic hydroxyl groups is 1. The molecule has 0 saturated heterocycles. The van der Waals surface area contributed by atoms with Crippen molar-refractivity contribution < 1.29 is 19.2 Å². The molecule has 0 aliphatic heterocycles. The fourth-order valence-corrected chi connectivity index (χ4v) is 1.13. The number of nitrogens with zero attached hydrogens (tertiary/aromatic N) is 1. The van der Waals surface area contributed by atoms with Gasteiger partial charge in [-0.25, -0.2) is 0 Å². The highest BCUT2D eigenvalue weighted by Crippen LogP contribution is 2.06. The Morgan fingerprint density at radius 2 is 2.40 bits per heavy atom. The predicted octanol–water partition coefficient (Wildman–Crippen LogP) is 0.955. The molecule has 0 bridgehead atoms. The van der Waals surface area contributed by atoms with Crippen LogP contribution in [0.25, 0.3) is 0 Å². The van der Waals surface area contributed by atoms with Crippen molar-refractivity contribution in [3.63, 3.8) is 0 Å². The molecule has 0 atom stereocenters. The summed E-state index contributed by atoms with van der Waals surface area (Å²) < 4.78 is 9.82. The highest BCUT2D eigenvalue weighted by molar-refractivity contribution is 5.94. The zero-order valence-electron chi connectivity index (χ0n) is 8.73. The SMILES string of the molecule is Cc1cc(C(=O)CCCOCCO)no1. The molecule has 1 aromatic heterocycles. The zero-order valence-corrected chi connectivity index (χ0v) is 8.73. The van der Waals surface area contributed by atoms with E-state index >= 15 is 0 Å². The maximum absolute atomic E-state index is 11.5. The highest BCUT2D eigenvalue weighted by atomic mass is 16.5. The van der Waals surface area contributed by atoms with Crippen LogP contribution in [0.2, 0.25) is 0 Å². The van der Waals surface area contributed by atoms with Crippen molar-refractivity contribution in [1.82, 2.24) is 5.16 Å². The third-order valence-electron chi connectivity index (χ3n) is 1.84. The van der Waals surface area contributed by atoms with Crippen LogP contribution in [-0.2, 0) is 4.74 Å². The monoisotopic (exact) mass is 213 g/mol. The van der Waals surface area contributed by atoms with Gasteiger partial charge >= 0.3 is 0 Å². The number of ketones is 1. The van der Waals surface area contributed by atoms with Gasteiger partial charge in [0.2, 0.25) is 0 Å².